The lowest BCUT2D eigenvalue weighted by molar-refractivity contribution is -0.119. The molecule has 0 bridgehead atoms. The summed E-state index contributed by atoms with van der Waals surface area (Å²) < 4.78 is 13.2. The van der Waals surface area contributed by atoms with Gasteiger partial charge in [-0.2, -0.15) is 0 Å². The summed E-state index contributed by atoms with van der Waals surface area (Å²) in [6, 6.07) is 10.6. The highest BCUT2D eigenvalue weighted by Gasteiger charge is 2.48. The number of carboxylic acids is 1. The molecule has 1 aliphatic heterocycles. The van der Waals surface area contributed by atoms with Gasteiger partial charge in [-0.3, -0.25) is 9.59 Å². The van der Waals surface area contributed by atoms with Crippen molar-refractivity contribution in [3.8, 4) is 11.5 Å². The highest BCUT2D eigenvalue weighted by Crippen LogP contribution is 2.55. The van der Waals surface area contributed by atoms with Gasteiger partial charge in [-0.25, -0.2) is 4.79 Å². The Labute approximate surface area is 267 Å². The Balaban J connectivity index is 1.62. The molecule has 8 heteroatoms. The summed E-state index contributed by atoms with van der Waals surface area (Å²) in [4.78, 5) is 41.4. The molecule has 2 aromatic carbocycles. The van der Waals surface area contributed by atoms with Crippen LogP contribution in [0.25, 0.3) is 0 Å². The molecule has 0 radical (unpaired) electrons. The Morgan fingerprint density at radius 2 is 1.47 bits per heavy atom. The second kappa shape index (κ2) is 11.7. The van der Waals surface area contributed by atoms with Crippen LogP contribution in [0.3, 0.4) is 0 Å². The van der Waals surface area contributed by atoms with E-state index in [4.69, 9.17) is 9.47 Å². The van der Waals surface area contributed by atoms with Crippen molar-refractivity contribution in [2.75, 3.05) is 13.2 Å². The zero-order chi connectivity index (χ0) is 31.3. The predicted molar refractivity (Wildman–Crippen MR) is 173 cm³/mol. The number of carboxylic acid groups (broad SMARTS) is 1. The first kappa shape index (κ1) is 31.3. The molecule has 0 saturated heterocycles. The van der Waals surface area contributed by atoms with E-state index in [0.29, 0.717) is 37.5 Å². The summed E-state index contributed by atoms with van der Waals surface area (Å²) in [5.41, 5.74) is 5.19. The van der Waals surface area contributed by atoms with E-state index in [1.165, 1.54) is 0 Å². The molecular formula is C35H40INO6. The number of nitrogens with zero attached hydrogens (tertiary/aromatic N) is 1. The second-order valence-corrected chi connectivity index (χ2v) is 14.5. The molecule has 0 saturated carbocycles. The summed E-state index contributed by atoms with van der Waals surface area (Å²) >= 11 is 2.24. The molecule has 5 rings (SSSR count). The monoisotopic (exact) mass is 697 g/mol. The number of hydrogen-bond donors (Lipinski definition) is 1. The van der Waals surface area contributed by atoms with Gasteiger partial charge in [0.25, 0.3) is 0 Å². The summed E-state index contributed by atoms with van der Waals surface area (Å²) in [5.74, 6) is -0.0760. The van der Waals surface area contributed by atoms with Crippen LogP contribution in [0.1, 0.15) is 94.6 Å². The second-order valence-electron chi connectivity index (χ2n) is 13.3. The van der Waals surface area contributed by atoms with E-state index in [2.05, 4.69) is 62.1 Å². The molecule has 228 valence electrons. The van der Waals surface area contributed by atoms with Gasteiger partial charge in [0.1, 0.15) is 6.61 Å². The molecule has 1 heterocycles. The molecule has 0 atom stereocenters. The van der Waals surface area contributed by atoms with Crippen LogP contribution >= 0.6 is 22.6 Å². The third-order valence-electron chi connectivity index (χ3n) is 8.59. The van der Waals surface area contributed by atoms with E-state index >= 15 is 0 Å². The standard InChI is InChI=1S/C35H40INO6/c1-7-37-24-15-34(3,4)17-26(38)30(24)29(31-25(37)16-35(5,6)18-27(31)39)22-13-23(36)32(28(14-22)42-8-2)43-19-20-9-11-21(12-10-20)33(40)41/h9-14,29H,7-8,15-19H2,1-6H3,(H,40,41). The zero-order valence-electron chi connectivity index (χ0n) is 25.8. The van der Waals surface area contributed by atoms with Crippen molar-refractivity contribution in [3.63, 3.8) is 0 Å². The van der Waals surface area contributed by atoms with E-state index in [1.807, 2.05) is 19.1 Å². The molecule has 0 aromatic heterocycles. The number of rotatable bonds is 8. The summed E-state index contributed by atoms with van der Waals surface area (Å²) in [7, 11) is 0. The predicted octanol–water partition coefficient (Wildman–Crippen LogP) is 7.67. The number of carbonyl (C=O) groups excluding carboxylic acids is 2. The Bertz CT molecular complexity index is 1490. The van der Waals surface area contributed by atoms with Crippen LogP contribution < -0.4 is 9.47 Å². The number of ether oxygens (including phenoxy) is 2. The van der Waals surface area contributed by atoms with Crippen LogP contribution in [0.2, 0.25) is 0 Å². The fraction of sp³-hybridized carbons (Fsp3) is 0.457. The highest BCUT2D eigenvalue weighted by molar-refractivity contribution is 14.1. The highest BCUT2D eigenvalue weighted by atomic mass is 127. The van der Waals surface area contributed by atoms with Crippen LogP contribution in [0.4, 0.5) is 0 Å². The van der Waals surface area contributed by atoms with Crippen LogP contribution in [-0.4, -0.2) is 40.7 Å². The molecule has 0 fully saturated rings. The SMILES string of the molecule is CCOc1cc(C2C3=C(CC(C)(C)CC3=O)N(CC)C3=C2C(=O)CC(C)(C)C3)cc(I)c1OCc1ccc(C(=O)O)cc1. The topological polar surface area (TPSA) is 93.1 Å². The number of aromatic carboxylic acids is 1. The van der Waals surface area contributed by atoms with Gasteiger partial charge in [0.05, 0.1) is 15.7 Å². The largest absolute Gasteiger partial charge is 0.490 e. The van der Waals surface area contributed by atoms with Crippen LogP contribution in [0, 0.1) is 14.4 Å². The first-order valence-electron chi connectivity index (χ1n) is 15.0. The van der Waals surface area contributed by atoms with E-state index < -0.39 is 11.9 Å². The van der Waals surface area contributed by atoms with Crippen molar-refractivity contribution in [2.24, 2.45) is 10.8 Å². The minimum Gasteiger partial charge on any atom is -0.490 e. The lowest BCUT2D eigenvalue weighted by Crippen LogP contribution is -2.44. The van der Waals surface area contributed by atoms with Crippen molar-refractivity contribution < 1.29 is 29.0 Å². The molecule has 0 amide bonds. The van der Waals surface area contributed by atoms with Crippen molar-refractivity contribution in [3.05, 3.63) is 79.2 Å². The minimum absolute atomic E-state index is 0.108. The Hall–Kier alpha value is -3.14. The molecule has 2 aliphatic carbocycles. The van der Waals surface area contributed by atoms with Gasteiger partial charge in [-0.15, -0.1) is 0 Å². The van der Waals surface area contributed by atoms with Gasteiger partial charge in [-0.05, 0) is 95.5 Å². The number of allylic oxidation sites excluding steroid dienone is 4. The third-order valence-corrected chi connectivity index (χ3v) is 9.39. The van der Waals surface area contributed by atoms with Gasteiger partial charge >= 0.3 is 5.97 Å². The Kier molecular flexibility index (Phi) is 8.55. The van der Waals surface area contributed by atoms with Gasteiger partial charge in [0.2, 0.25) is 0 Å². The number of carbonyl (C=O) groups is 3. The maximum atomic E-state index is 14.0. The van der Waals surface area contributed by atoms with E-state index in [1.54, 1.807) is 24.3 Å². The van der Waals surface area contributed by atoms with Crippen LogP contribution in [0.5, 0.6) is 11.5 Å². The van der Waals surface area contributed by atoms with E-state index in [-0.39, 0.29) is 34.6 Å². The number of halogens is 1. The normalized spacial score (nSPS) is 19.7. The molecule has 1 N–H and O–H groups in total. The Morgan fingerprint density at radius 1 is 0.907 bits per heavy atom. The van der Waals surface area contributed by atoms with Gasteiger partial charge in [0.15, 0.2) is 23.1 Å². The molecule has 3 aliphatic rings. The fourth-order valence-electron chi connectivity index (χ4n) is 6.82. The molecule has 43 heavy (non-hydrogen) atoms. The lowest BCUT2D eigenvalue weighted by atomic mass is 9.63. The number of Topliss-reactive ketones (excluding diaryl/α,β-unsaturated/α-hetero) is 2. The maximum absolute atomic E-state index is 14.0. The summed E-state index contributed by atoms with van der Waals surface area (Å²) in [5, 5.41) is 9.21. The molecule has 0 unspecified atom stereocenters. The average Bonchev–Trinajstić information content (AvgIpc) is 2.90. The average molecular weight is 698 g/mol. The first-order chi connectivity index (χ1) is 20.2. The van der Waals surface area contributed by atoms with Gasteiger partial charge in [0, 0.05) is 47.8 Å². The quantitative estimate of drug-likeness (QED) is 0.283. The number of ketones is 2. The zero-order valence-corrected chi connectivity index (χ0v) is 28.0. The van der Waals surface area contributed by atoms with Crippen LogP contribution in [-0.2, 0) is 16.2 Å². The molecule has 0 spiro atoms. The minimum atomic E-state index is -0.974. The van der Waals surface area contributed by atoms with E-state index in [0.717, 1.165) is 50.1 Å². The van der Waals surface area contributed by atoms with Crippen molar-refractivity contribution in [1.29, 1.82) is 0 Å². The molecule has 7 nitrogen and oxygen atoms in total. The van der Waals surface area contributed by atoms with Crippen molar-refractivity contribution in [2.45, 2.75) is 79.8 Å². The summed E-state index contributed by atoms with van der Waals surface area (Å²) in [6.07, 6.45) is 2.45. The van der Waals surface area contributed by atoms with Gasteiger partial charge < -0.3 is 19.5 Å². The fourth-order valence-corrected chi connectivity index (χ4v) is 7.60. The van der Waals surface area contributed by atoms with Crippen molar-refractivity contribution >= 4 is 40.1 Å². The summed E-state index contributed by atoms with van der Waals surface area (Å²) in [6.45, 7) is 14.0. The number of benzene rings is 2. The van der Waals surface area contributed by atoms with Gasteiger partial charge in [-0.1, -0.05) is 39.8 Å². The molecular weight excluding hydrogens is 657 g/mol. The number of hydrogen-bond acceptors (Lipinski definition) is 6. The van der Waals surface area contributed by atoms with Crippen molar-refractivity contribution in [1.82, 2.24) is 4.90 Å². The lowest BCUT2D eigenvalue weighted by Gasteiger charge is -2.49. The van der Waals surface area contributed by atoms with E-state index in [9.17, 15) is 19.5 Å². The maximum Gasteiger partial charge on any atom is 0.335 e. The Morgan fingerprint density at radius 3 is 1.95 bits per heavy atom. The molecule has 2 aromatic rings. The smallest absolute Gasteiger partial charge is 0.335 e. The van der Waals surface area contributed by atoms with Crippen LogP contribution in [0.15, 0.2) is 58.9 Å². The third kappa shape index (κ3) is 6.12. The first-order valence-corrected chi connectivity index (χ1v) is 16.0.